The van der Waals surface area contributed by atoms with Gasteiger partial charge in [-0.3, -0.25) is 4.79 Å². The molecule has 0 amide bonds. The van der Waals surface area contributed by atoms with Gasteiger partial charge in [-0.15, -0.1) is 0 Å². The van der Waals surface area contributed by atoms with Crippen LogP contribution < -0.4 is 5.32 Å². The van der Waals surface area contributed by atoms with E-state index in [9.17, 15) is 4.79 Å². The van der Waals surface area contributed by atoms with Crippen LogP contribution in [0.3, 0.4) is 0 Å². The van der Waals surface area contributed by atoms with Crippen molar-refractivity contribution in [1.82, 2.24) is 5.32 Å². The number of nitrogens with one attached hydrogen (secondary N) is 1. The molecule has 1 atom stereocenters. The van der Waals surface area contributed by atoms with Gasteiger partial charge in [0.25, 0.3) is 0 Å². The third-order valence-electron chi connectivity index (χ3n) is 2.38. The van der Waals surface area contributed by atoms with Gasteiger partial charge in [-0.05, 0) is 18.9 Å². The van der Waals surface area contributed by atoms with Crippen LogP contribution >= 0.6 is 0 Å². The number of benzene rings is 1. The molecule has 0 heterocycles. The second-order valence-corrected chi connectivity index (χ2v) is 3.67. The minimum atomic E-state index is -0.787. The lowest BCUT2D eigenvalue weighted by Gasteiger charge is -2.11. The highest BCUT2D eigenvalue weighted by molar-refractivity contribution is 5.73. The van der Waals surface area contributed by atoms with Crippen LogP contribution in [0.4, 0.5) is 0 Å². The van der Waals surface area contributed by atoms with Gasteiger partial charge in [0.2, 0.25) is 0 Å². The number of rotatable bonds is 5. The summed E-state index contributed by atoms with van der Waals surface area (Å²) in [7, 11) is 0. The monoisotopic (exact) mass is 207 g/mol. The summed E-state index contributed by atoms with van der Waals surface area (Å²) < 4.78 is 0. The molecule has 1 aromatic rings. The van der Waals surface area contributed by atoms with Crippen LogP contribution in [0.25, 0.3) is 0 Å². The molecule has 0 saturated heterocycles. The summed E-state index contributed by atoms with van der Waals surface area (Å²) in [5, 5.41) is 11.8. The Balaban J connectivity index is 2.49. The number of carboxylic acids is 1. The number of carboxylic acid groups (broad SMARTS) is 1. The molecule has 0 aliphatic heterocycles. The van der Waals surface area contributed by atoms with Gasteiger partial charge in [-0.25, -0.2) is 0 Å². The highest BCUT2D eigenvalue weighted by Crippen LogP contribution is 2.03. The van der Waals surface area contributed by atoms with Gasteiger partial charge >= 0.3 is 5.97 Å². The fourth-order valence-corrected chi connectivity index (χ4v) is 1.35. The van der Waals surface area contributed by atoms with Crippen molar-refractivity contribution in [3.8, 4) is 0 Å². The van der Waals surface area contributed by atoms with Crippen molar-refractivity contribution < 1.29 is 9.90 Å². The molecule has 0 radical (unpaired) electrons. The average Bonchev–Trinajstić information content (AvgIpc) is 2.21. The fraction of sp³-hybridized carbons (Fsp3) is 0.417. The number of hydrogen-bond donors (Lipinski definition) is 2. The molecule has 0 aliphatic carbocycles. The molecule has 0 bridgehead atoms. The third-order valence-corrected chi connectivity index (χ3v) is 2.38. The van der Waals surface area contributed by atoms with Crippen LogP contribution in [0.1, 0.15) is 24.5 Å². The fourth-order valence-electron chi connectivity index (χ4n) is 1.35. The second kappa shape index (κ2) is 5.51. The van der Waals surface area contributed by atoms with Crippen LogP contribution in [0, 0.1) is 6.92 Å². The zero-order chi connectivity index (χ0) is 11.3. The van der Waals surface area contributed by atoms with E-state index in [1.807, 2.05) is 38.1 Å². The standard InChI is InChI=1S/C12H17NO2/c1-3-11(12(14)15)13-8-10-6-4-9(2)5-7-10/h4-7,11,13H,3,8H2,1-2H3,(H,14,15). The normalized spacial score (nSPS) is 12.4. The van der Waals surface area contributed by atoms with Gasteiger partial charge in [0.1, 0.15) is 6.04 Å². The Morgan fingerprint density at radius 3 is 2.47 bits per heavy atom. The topological polar surface area (TPSA) is 49.3 Å². The van der Waals surface area contributed by atoms with Gasteiger partial charge in [-0.2, -0.15) is 0 Å². The van der Waals surface area contributed by atoms with Crippen molar-refractivity contribution in [2.24, 2.45) is 0 Å². The Bertz CT molecular complexity index is 319. The molecule has 0 saturated carbocycles. The summed E-state index contributed by atoms with van der Waals surface area (Å²) in [4.78, 5) is 10.7. The molecule has 1 rings (SSSR count). The smallest absolute Gasteiger partial charge is 0.320 e. The first-order valence-electron chi connectivity index (χ1n) is 5.15. The molecule has 0 spiro atoms. The van der Waals surface area contributed by atoms with Crippen molar-refractivity contribution in [2.75, 3.05) is 0 Å². The van der Waals surface area contributed by atoms with E-state index in [1.165, 1.54) is 5.56 Å². The van der Waals surface area contributed by atoms with Gasteiger partial charge in [0.05, 0.1) is 0 Å². The summed E-state index contributed by atoms with van der Waals surface area (Å²) in [5.41, 5.74) is 2.32. The van der Waals surface area contributed by atoms with Crippen LogP contribution in [-0.2, 0) is 11.3 Å². The molecule has 1 unspecified atom stereocenters. The SMILES string of the molecule is CCC(NCc1ccc(C)cc1)C(=O)O. The van der Waals surface area contributed by atoms with Crippen LogP contribution in [0.15, 0.2) is 24.3 Å². The van der Waals surface area contributed by atoms with Crippen molar-refractivity contribution >= 4 is 5.97 Å². The largest absolute Gasteiger partial charge is 0.480 e. The van der Waals surface area contributed by atoms with Crippen LogP contribution in [-0.4, -0.2) is 17.1 Å². The van der Waals surface area contributed by atoms with Crippen LogP contribution in [0.2, 0.25) is 0 Å². The van der Waals surface area contributed by atoms with E-state index in [1.54, 1.807) is 0 Å². The first kappa shape index (κ1) is 11.7. The molecule has 0 aromatic heterocycles. The molecular weight excluding hydrogens is 190 g/mol. The van der Waals surface area contributed by atoms with Gasteiger partial charge in [0.15, 0.2) is 0 Å². The van der Waals surface area contributed by atoms with E-state index in [2.05, 4.69) is 5.32 Å². The zero-order valence-corrected chi connectivity index (χ0v) is 9.16. The molecule has 3 heteroatoms. The summed E-state index contributed by atoms with van der Waals surface area (Å²) >= 11 is 0. The lowest BCUT2D eigenvalue weighted by atomic mass is 10.1. The summed E-state index contributed by atoms with van der Waals surface area (Å²) in [6, 6.07) is 7.62. The second-order valence-electron chi connectivity index (χ2n) is 3.67. The quantitative estimate of drug-likeness (QED) is 0.775. The number of carbonyl (C=O) groups is 1. The molecule has 82 valence electrons. The van der Waals surface area contributed by atoms with E-state index < -0.39 is 12.0 Å². The van der Waals surface area contributed by atoms with Crippen molar-refractivity contribution in [3.05, 3.63) is 35.4 Å². The minimum Gasteiger partial charge on any atom is -0.480 e. The Labute approximate surface area is 90.1 Å². The highest BCUT2D eigenvalue weighted by Gasteiger charge is 2.13. The number of aryl methyl sites for hydroxylation is 1. The average molecular weight is 207 g/mol. The van der Waals surface area contributed by atoms with Crippen molar-refractivity contribution in [2.45, 2.75) is 32.9 Å². The molecule has 3 nitrogen and oxygen atoms in total. The first-order chi connectivity index (χ1) is 7.13. The zero-order valence-electron chi connectivity index (χ0n) is 9.16. The summed E-state index contributed by atoms with van der Waals surface area (Å²) in [5.74, 6) is -0.787. The Morgan fingerprint density at radius 1 is 1.40 bits per heavy atom. The van der Waals surface area contributed by atoms with Gasteiger partial charge < -0.3 is 10.4 Å². The van der Waals surface area contributed by atoms with Crippen LogP contribution in [0.5, 0.6) is 0 Å². The molecule has 2 N–H and O–H groups in total. The Morgan fingerprint density at radius 2 is 2.00 bits per heavy atom. The Kier molecular flexibility index (Phi) is 4.31. The van der Waals surface area contributed by atoms with E-state index in [-0.39, 0.29) is 0 Å². The summed E-state index contributed by atoms with van der Waals surface area (Å²) in [6.07, 6.45) is 0.598. The van der Waals surface area contributed by atoms with E-state index >= 15 is 0 Å². The maximum Gasteiger partial charge on any atom is 0.320 e. The maximum absolute atomic E-state index is 10.7. The molecule has 0 fully saturated rings. The predicted molar refractivity (Wildman–Crippen MR) is 59.7 cm³/mol. The Hall–Kier alpha value is -1.35. The lowest BCUT2D eigenvalue weighted by Crippen LogP contribution is -2.35. The van der Waals surface area contributed by atoms with E-state index in [0.29, 0.717) is 13.0 Å². The van der Waals surface area contributed by atoms with E-state index in [4.69, 9.17) is 5.11 Å². The molecular formula is C12H17NO2. The maximum atomic E-state index is 10.7. The van der Waals surface area contributed by atoms with Gasteiger partial charge in [0, 0.05) is 6.54 Å². The lowest BCUT2D eigenvalue weighted by molar-refractivity contribution is -0.139. The summed E-state index contributed by atoms with van der Waals surface area (Å²) in [6.45, 7) is 4.50. The highest BCUT2D eigenvalue weighted by atomic mass is 16.4. The molecule has 0 aliphatic rings. The van der Waals surface area contributed by atoms with Crippen molar-refractivity contribution in [1.29, 1.82) is 0 Å². The molecule has 1 aromatic carbocycles. The minimum absolute atomic E-state index is 0.452. The number of hydrogen-bond acceptors (Lipinski definition) is 2. The van der Waals surface area contributed by atoms with E-state index in [0.717, 1.165) is 5.56 Å². The van der Waals surface area contributed by atoms with Gasteiger partial charge in [-0.1, -0.05) is 36.8 Å². The predicted octanol–water partition coefficient (Wildman–Crippen LogP) is 1.95. The third kappa shape index (κ3) is 3.72. The van der Waals surface area contributed by atoms with Crippen molar-refractivity contribution in [3.63, 3.8) is 0 Å². The molecule has 15 heavy (non-hydrogen) atoms. The number of aliphatic carboxylic acids is 1. The first-order valence-corrected chi connectivity index (χ1v) is 5.15.